The lowest BCUT2D eigenvalue weighted by Crippen LogP contribution is -2.35. The molecule has 1 unspecified atom stereocenters. The zero-order valence-corrected chi connectivity index (χ0v) is 6.97. The van der Waals surface area contributed by atoms with Gasteiger partial charge in [-0.3, -0.25) is 4.65 Å². The maximum atomic E-state index is 12.2. The maximum Gasteiger partial charge on any atom is 0.196 e. The average Bonchev–Trinajstić information content (AvgIpc) is 2.60. The number of benzene rings is 1. The Balaban J connectivity index is 2.30. The Morgan fingerprint density at radius 1 is 1.31 bits per heavy atom. The molecular weight excluding hydrogens is 164 g/mol. The van der Waals surface area contributed by atoms with Gasteiger partial charge in [0.2, 0.25) is 0 Å². The highest BCUT2D eigenvalue weighted by atomic mass is 16.5. The number of hydrogen-bond donors (Lipinski definition) is 0. The molecule has 2 heterocycles. The number of quaternary nitrogens is 1. The first-order valence-electron chi connectivity index (χ1n) is 4.22. The van der Waals surface area contributed by atoms with Crippen molar-refractivity contribution in [3.63, 3.8) is 0 Å². The number of fused-ring (bicyclic) bond motifs is 3. The normalized spacial score (nSPS) is 28.5. The van der Waals surface area contributed by atoms with Crippen LogP contribution in [-0.2, 0) is 0 Å². The van der Waals surface area contributed by atoms with E-state index in [1.165, 1.54) is 6.34 Å². The van der Waals surface area contributed by atoms with E-state index >= 15 is 0 Å². The maximum absolute atomic E-state index is 12.2. The first kappa shape index (κ1) is 7.00. The molecule has 0 amide bonds. The molecule has 2 aliphatic rings. The molecule has 0 bridgehead atoms. The van der Waals surface area contributed by atoms with E-state index in [9.17, 15) is 5.21 Å². The Morgan fingerprint density at radius 3 is 3.08 bits per heavy atom. The fourth-order valence-corrected chi connectivity index (χ4v) is 1.88. The third kappa shape index (κ3) is 0.728. The van der Waals surface area contributed by atoms with Gasteiger partial charge in [0.1, 0.15) is 12.2 Å². The number of aliphatic imine (C=N–C) groups is 1. The summed E-state index contributed by atoms with van der Waals surface area (Å²) in [5, 5.41) is 12.2. The summed E-state index contributed by atoms with van der Waals surface area (Å²) in [7, 11) is 0. The quantitative estimate of drug-likeness (QED) is 0.434. The van der Waals surface area contributed by atoms with Gasteiger partial charge in [-0.2, -0.15) is 0 Å². The largest absolute Gasteiger partial charge is 0.616 e. The van der Waals surface area contributed by atoms with Crippen molar-refractivity contribution in [3.05, 3.63) is 40.7 Å². The van der Waals surface area contributed by atoms with Crippen molar-refractivity contribution in [2.75, 3.05) is 6.54 Å². The van der Waals surface area contributed by atoms with Gasteiger partial charge in [-0.15, -0.1) is 0 Å². The average molecular weight is 172 g/mol. The Morgan fingerprint density at radius 2 is 2.15 bits per heavy atom. The topological polar surface area (TPSA) is 35.4 Å². The molecule has 64 valence electrons. The van der Waals surface area contributed by atoms with Gasteiger partial charge in [-0.25, -0.2) is 4.99 Å². The molecule has 0 radical (unpaired) electrons. The van der Waals surface area contributed by atoms with Crippen LogP contribution in [0.3, 0.4) is 0 Å². The molecule has 3 rings (SSSR count). The van der Waals surface area contributed by atoms with E-state index in [1.54, 1.807) is 0 Å². The number of para-hydroxylation sites is 1. The summed E-state index contributed by atoms with van der Waals surface area (Å²) in [5.41, 5.74) is 2.64. The molecule has 0 aliphatic carbocycles. The fraction of sp³-hybridized carbons (Fsp3) is 0.100. The van der Waals surface area contributed by atoms with Crippen molar-refractivity contribution in [1.29, 1.82) is 0 Å². The van der Waals surface area contributed by atoms with Crippen molar-refractivity contribution in [2.24, 2.45) is 4.99 Å². The van der Waals surface area contributed by atoms with E-state index < -0.39 is 4.65 Å². The first-order valence-corrected chi connectivity index (χ1v) is 4.22. The first-order chi connectivity index (χ1) is 6.31. The second kappa shape index (κ2) is 2.07. The van der Waals surface area contributed by atoms with Gasteiger partial charge in [-0.1, -0.05) is 12.1 Å². The monoisotopic (exact) mass is 172 g/mol. The molecule has 1 aromatic rings. The second-order valence-electron chi connectivity index (χ2n) is 3.31. The van der Waals surface area contributed by atoms with Gasteiger partial charge in [-0.05, 0) is 6.07 Å². The Hall–Kier alpha value is -1.45. The van der Waals surface area contributed by atoms with Gasteiger partial charge in [0.05, 0.1) is 0 Å². The smallest absolute Gasteiger partial charge is 0.196 e. The summed E-state index contributed by atoms with van der Waals surface area (Å²) in [6, 6.07) is 7.66. The Bertz CT molecular complexity index is 436. The fourth-order valence-electron chi connectivity index (χ4n) is 1.88. The van der Waals surface area contributed by atoms with Crippen LogP contribution >= 0.6 is 0 Å². The lowest BCUT2D eigenvalue weighted by Gasteiger charge is -2.31. The van der Waals surface area contributed by atoms with E-state index in [0.717, 1.165) is 16.9 Å². The van der Waals surface area contributed by atoms with Gasteiger partial charge in [0.15, 0.2) is 12.0 Å². The number of hydroxylamine groups is 2. The summed E-state index contributed by atoms with van der Waals surface area (Å²) in [4.78, 5) is 4.00. The molecule has 0 aromatic heterocycles. The second-order valence-corrected chi connectivity index (χ2v) is 3.31. The third-order valence-corrected chi connectivity index (χ3v) is 2.54. The zero-order chi connectivity index (χ0) is 8.89. The molecule has 0 spiro atoms. The van der Waals surface area contributed by atoms with Crippen LogP contribution in [0.25, 0.3) is 6.08 Å². The predicted molar refractivity (Wildman–Crippen MR) is 52.9 cm³/mol. The molecule has 0 fully saturated rings. The van der Waals surface area contributed by atoms with Gasteiger partial charge in [0.25, 0.3) is 0 Å². The molecule has 0 N–H and O–H groups in total. The van der Waals surface area contributed by atoms with Crippen LogP contribution in [-0.4, -0.2) is 12.9 Å². The molecule has 3 heteroatoms. The van der Waals surface area contributed by atoms with Crippen LogP contribution in [0.5, 0.6) is 0 Å². The van der Waals surface area contributed by atoms with Crippen LogP contribution < -0.4 is 4.65 Å². The van der Waals surface area contributed by atoms with Gasteiger partial charge >= 0.3 is 0 Å². The Kier molecular flexibility index (Phi) is 1.12. The lowest BCUT2D eigenvalue weighted by molar-refractivity contribution is 0.718. The standard InChI is InChI=1S/C10H8N2O/c13-12-7-11-6-9(12)5-8-3-1-2-4-10(8)12/h1-5,7H,6H2. The number of nitrogens with zero attached hydrogens (tertiary/aromatic N) is 2. The van der Waals surface area contributed by atoms with Crippen molar-refractivity contribution in [1.82, 2.24) is 4.65 Å². The lowest BCUT2D eigenvalue weighted by atomic mass is 10.2. The van der Waals surface area contributed by atoms with E-state index in [4.69, 9.17) is 0 Å². The highest BCUT2D eigenvalue weighted by Crippen LogP contribution is 2.40. The number of hydrogen-bond acceptors (Lipinski definition) is 2. The van der Waals surface area contributed by atoms with Crippen LogP contribution in [0.4, 0.5) is 5.69 Å². The summed E-state index contributed by atoms with van der Waals surface area (Å²) < 4.78 is -0.462. The van der Waals surface area contributed by atoms with Crippen molar-refractivity contribution in [2.45, 2.75) is 0 Å². The zero-order valence-electron chi connectivity index (χ0n) is 6.97. The highest BCUT2D eigenvalue weighted by Gasteiger charge is 2.36. The molecule has 3 nitrogen and oxygen atoms in total. The summed E-state index contributed by atoms with van der Waals surface area (Å²) in [6.45, 7) is 0.540. The van der Waals surface area contributed by atoms with Crippen LogP contribution in [0.2, 0.25) is 0 Å². The summed E-state index contributed by atoms with van der Waals surface area (Å²) >= 11 is 0. The minimum Gasteiger partial charge on any atom is -0.616 e. The minimum absolute atomic E-state index is 0.462. The molecule has 1 atom stereocenters. The van der Waals surface area contributed by atoms with E-state index in [0.29, 0.717) is 6.54 Å². The highest BCUT2D eigenvalue weighted by molar-refractivity contribution is 5.92. The molecule has 1 aromatic carbocycles. The van der Waals surface area contributed by atoms with Crippen LogP contribution in [0.1, 0.15) is 5.56 Å². The van der Waals surface area contributed by atoms with E-state index in [-0.39, 0.29) is 0 Å². The van der Waals surface area contributed by atoms with Crippen LogP contribution in [0.15, 0.2) is 35.0 Å². The molecule has 0 saturated heterocycles. The van der Waals surface area contributed by atoms with E-state index in [2.05, 4.69) is 4.99 Å². The summed E-state index contributed by atoms with van der Waals surface area (Å²) in [5.74, 6) is 0. The summed E-state index contributed by atoms with van der Waals surface area (Å²) in [6.07, 6.45) is 3.41. The SMILES string of the molecule is [O-][N+]12C=NCC1=Cc1ccccc12. The molecule has 0 saturated carbocycles. The van der Waals surface area contributed by atoms with Gasteiger partial charge < -0.3 is 5.21 Å². The molecule has 2 aliphatic heterocycles. The van der Waals surface area contributed by atoms with Gasteiger partial charge in [0, 0.05) is 17.7 Å². The third-order valence-electron chi connectivity index (χ3n) is 2.54. The number of rotatable bonds is 0. The minimum atomic E-state index is -0.462. The predicted octanol–water partition coefficient (Wildman–Crippen LogP) is 1.89. The van der Waals surface area contributed by atoms with Crippen molar-refractivity contribution in [3.8, 4) is 0 Å². The van der Waals surface area contributed by atoms with Crippen molar-refractivity contribution < 1.29 is 0 Å². The van der Waals surface area contributed by atoms with Crippen molar-refractivity contribution >= 4 is 18.1 Å². The van der Waals surface area contributed by atoms with E-state index in [1.807, 2.05) is 30.3 Å². The molecular formula is C10H8N2O. The van der Waals surface area contributed by atoms with Crippen LogP contribution in [0, 0.1) is 5.21 Å². The Labute approximate surface area is 75.8 Å². The molecule has 13 heavy (non-hydrogen) atoms.